The van der Waals surface area contributed by atoms with Gasteiger partial charge in [0.25, 0.3) is 5.91 Å². The van der Waals surface area contributed by atoms with Crippen LogP contribution in [0.2, 0.25) is 0 Å². The zero-order chi connectivity index (χ0) is 17.1. The van der Waals surface area contributed by atoms with E-state index in [1.165, 1.54) is 11.1 Å². The van der Waals surface area contributed by atoms with Crippen LogP contribution in [0.5, 0.6) is 0 Å². The van der Waals surface area contributed by atoms with Crippen molar-refractivity contribution in [1.82, 2.24) is 19.9 Å². The average molecular weight is 333 g/mol. The van der Waals surface area contributed by atoms with E-state index in [9.17, 15) is 4.79 Å². The van der Waals surface area contributed by atoms with Gasteiger partial charge in [-0.3, -0.25) is 9.78 Å². The van der Waals surface area contributed by atoms with Crippen LogP contribution < -0.4 is 10.6 Å². The van der Waals surface area contributed by atoms with Crippen molar-refractivity contribution in [3.8, 4) is 0 Å². The second kappa shape index (κ2) is 6.86. The predicted molar refractivity (Wildman–Crippen MR) is 95.4 cm³/mol. The first-order valence-electron chi connectivity index (χ1n) is 8.32. The third-order valence-electron chi connectivity index (χ3n) is 4.32. The van der Waals surface area contributed by atoms with Crippen LogP contribution >= 0.6 is 0 Å². The third-order valence-corrected chi connectivity index (χ3v) is 4.32. The van der Waals surface area contributed by atoms with Crippen molar-refractivity contribution in [1.29, 1.82) is 0 Å². The summed E-state index contributed by atoms with van der Waals surface area (Å²) in [6, 6.07) is 9.79. The van der Waals surface area contributed by atoms with Crippen molar-refractivity contribution < 1.29 is 4.79 Å². The van der Waals surface area contributed by atoms with Crippen LogP contribution in [0.4, 0.5) is 5.82 Å². The fourth-order valence-corrected chi connectivity index (χ4v) is 3.02. The zero-order valence-corrected chi connectivity index (χ0v) is 13.8. The first kappa shape index (κ1) is 15.5. The molecule has 4 rings (SSSR count). The minimum Gasteiger partial charge on any atom is -0.331 e. The van der Waals surface area contributed by atoms with Crippen LogP contribution in [0.1, 0.15) is 27.0 Å². The fourth-order valence-electron chi connectivity index (χ4n) is 3.02. The minimum atomic E-state index is -0.132. The van der Waals surface area contributed by atoms with E-state index < -0.39 is 0 Å². The molecule has 0 spiro atoms. The number of pyridine rings is 1. The number of carbonyl (C=O) groups is 1. The van der Waals surface area contributed by atoms with E-state index in [4.69, 9.17) is 0 Å². The van der Waals surface area contributed by atoms with Crippen LogP contribution in [0, 0.1) is 0 Å². The molecular weight excluding hydrogens is 314 g/mol. The number of amides is 1. The summed E-state index contributed by atoms with van der Waals surface area (Å²) in [5, 5.41) is 6.20. The standard InChI is InChI=1S/C19H19N5O/c25-19(16-3-4-17-10-21-7-5-15(17)8-16)23-18-12-24(13-22-18)11-14-2-1-6-20-9-14/h1-4,6,8-9,12-13,21H,5,7,10-11H2,(H,23,25). The molecule has 0 bridgehead atoms. The van der Waals surface area contributed by atoms with Crippen molar-refractivity contribution >= 4 is 11.7 Å². The van der Waals surface area contributed by atoms with Crippen molar-refractivity contribution in [3.63, 3.8) is 0 Å². The summed E-state index contributed by atoms with van der Waals surface area (Å²) in [4.78, 5) is 20.9. The van der Waals surface area contributed by atoms with Crippen LogP contribution in [0.3, 0.4) is 0 Å². The van der Waals surface area contributed by atoms with Gasteiger partial charge in [0.1, 0.15) is 0 Å². The van der Waals surface area contributed by atoms with E-state index in [0.29, 0.717) is 17.9 Å². The number of nitrogens with zero attached hydrogens (tertiary/aromatic N) is 3. The Morgan fingerprint density at radius 3 is 3.12 bits per heavy atom. The summed E-state index contributed by atoms with van der Waals surface area (Å²) in [5.74, 6) is 0.418. The Morgan fingerprint density at radius 1 is 1.28 bits per heavy atom. The van der Waals surface area contributed by atoms with Crippen molar-refractivity contribution in [2.45, 2.75) is 19.5 Å². The highest BCUT2D eigenvalue weighted by Gasteiger charge is 2.13. The lowest BCUT2D eigenvalue weighted by Crippen LogP contribution is -2.24. The van der Waals surface area contributed by atoms with E-state index >= 15 is 0 Å². The number of carbonyl (C=O) groups excluding carboxylic acids is 1. The quantitative estimate of drug-likeness (QED) is 0.768. The van der Waals surface area contributed by atoms with Crippen molar-refractivity contribution in [2.24, 2.45) is 0 Å². The van der Waals surface area contributed by atoms with Crippen LogP contribution in [-0.4, -0.2) is 27.0 Å². The Bertz CT molecular complexity index is 888. The van der Waals surface area contributed by atoms with E-state index in [1.807, 2.05) is 47.3 Å². The second-order valence-corrected chi connectivity index (χ2v) is 6.16. The highest BCUT2D eigenvalue weighted by molar-refractivity contribution is 6.03. The van der Waals surface area contributed by atoms with E-state index in [0.717, 1.165) is 25.1 Å². The van der Waals surface area contributed by atoms with Gasteiger partial charge in [0, 0.05) is 30.7 Å². The molecule has 0 aliphatic carbocycles. The Balaban J connectivity index is 1.44. The summed E-state index contributed by atoms with van der Waals surface area (Å²) in [7, 11) is 0. The number of benzene rings is 1. The molecule has 3 heterocycles. The lowest BCUT2D eigenvalue weighted by Gasteiger charge is -2.17. The molecule has 126 valence electrons. The SMILES string of the molecule is O=C(Nc1cn(Cc2cccnc2)cn1)c1ccc2c(c1)CCNC2. The number of hydrogen-bond acceptors (Lipinski definition) is 4. The Hall–Kier alpha value is -2.99. The Kier molecular flexibility index (Phi) is 4.26. The molecule has 3 aromatic rings. The second-order valence-electron chi connectivity index (χ2n) is 6.16. The van der Waals surface area contributed by atoms with Gasteiger partial charge in [-0.25, -0.2) is 4.98 Å². The van der Waals surface area contributed by atoms with Gasteiger partial charge in [-0.1, -0.05) is 12.1 Å². The number of hydrogen-bond donors (Lipinski definition) is 2. The number of fused-ring (bicyclic) bond motifs is 1. The van der Waals surface area contributed by atoms with Crippen LogP contribution in [0.15, 0.2) is 55.2 Å². The molecule has 25 heavy (non-hydrogen) atoms. The lowest BCUT2D eigenvalue weighted by atomic mass is 9.98. The maximum atomic E-state index is 12.5. The summed E-state index contributed by atoms with van der Waals surface area (Å²) < 4.78 is 1.92. The van der Waals surface area contributed by atoms with Crippen LogP contribution in [0.25, 0.3) is 0 Å². The molecule has 2 aromatic heterocycles. The molecule has 0 saturated carbocycles. The molecule has 6 heteroatoms. The third kappa shape index (κ3) is 3.59. The molecule has 6 nitrogen and oxygen atoms in total. The molecule has 1 amide bonds. The van der Waals surface area contributed by atoms with Gasteiger partial charge >= 0.3 is 0 Å². The summed E-state index contributed by atoms with van der Waals surface area (Å²) in [5.41, 5.74) is 4.26. The number of anilines is 1. The highest BCUT2D eigenvalue weighted by Crippen LogP contribution is 2.17. The number of imidazole rings is 1. The van der Waals surface area contributed by atoms with Gasteiger partial charge < -0.3 is 15.2 Å². The Morgan fingerprint density at radius 2 is 2.24 bits per heavy atom. The number of aromatic nitrogens is 3. The maximum Gasteiger partial charge on any atom is 0.256 e. The normalized spacial score (nSPS) is 13.3. The van der Waals surface area contributed by atoms with E-state index in [1.54, 1.807) is 12.5 Å². The Labute approximate surface area is 145 Å². The van der Waals surface area contributed by atoms with Gasteiger partial charge in [-0.05, 0) is 47.9 Å². The molecule has 1 aliphatic heterocycles. The summed E-state index contributed by atoms with van der Waals surface area (Å²) >= 11 is 0. The molecule has 0 saturated heterocycles. The maximum absolute atomic E-state index is 12.5. The van der Waals surface area contributed by atoms with E-state index in [2.05, 4.69) is 20.6 Å². The monoisotopic (exact) mass is 333 g/mol. The summed E-state index contributed by atoms with van der Waals surface area (Å²) in [6.45, 7) is 2.50. The smallest absolute Gasteiger partial charge is 0.256 e. The van der Waals surface area contributed by atoms with Gasteiger partial charge in [0.05, 0.1) is 12.9 Å². The molecule has 0 fully saturated rings. The molecule has 1 aliphatic rings. The first-order chi connectivity index (χ1) is 12.3. The van der Waals surface area contributed by atoms with E-state index in [-0.39, 0.29) is 5.91 Å². The van der Waals surface area contributed by atoms with Gasteiger partial charge in [0.15, 0.2) is 5.82 Å². The zero-order valence-electron chi connectivity index (χ0n) is 13.8. The first-order valence-corrected chi connectivity index (χ1v) is 8.32. The molecule has 2 N–H and O–H groups in total. The van der Waals surface area contributed by atoms with Crippen LogP contribution in [-0.2, 0) is 19.5 Å². The highest BCUT2D eigenvalue weighted by atomic mass is 16.1. The minimum absolute atomic E-state index is 0.132. The average Bonchev–Trinajstić information content (AvgIpc) is 3.09. The topological polar surface area (TPSA) is 71.8 Å². The lowest BCUT2D eigenvalue weighted by molar-refractivity contribution is 0.102. The van der Waals surface area contributed by atoms with Gasteiger partial charge in [-0.2, -0.15) is 0 Å². The summed E-state index contributed by atoms with van der Waals surface area (Å²) in [6.07, 6.45) is 8.06. The van der Waals surface area contributed by atoms with Gasteiger partial charge in [-0.15, -0.1) is 0 Å². The number of rotatable bonds is 4. The molecule has 1 aromatic carbocycles. The predicted octanol–water partition coefficient (Wildman–Crippen LogP) is 2.22. The van der Waals surface area contributed by atoms with Gasteiger partial charge in [0.2, 0.25) is 0 Å². The van der Waals surface area contributed by atoms with Crippen molar-refractivity contribution in [3.05, 3.63) is 77.5 Å². The molecule has 0 radical (unpaired) electrons. The number of nitrogens with one attached hydrogen (secondary N) is 2. The van der Waals surface area contributed by atoms with Crippen molar-refractivity contribution in [2.75, 3.05) is 11.9 Å². The molecule has 0 atom stereocenters. The molecular formula is C19H19N5O. The fraction of sp³-hybridized carbons (Fsp3) is 0.211. The largest absolute Gasteiger partial charge is 0.331 e. The molecule has 0 unspecified atom stereocenters.